The first-order chi connectivity index (χ1) is 13.3. The topological polar surface area (TPSA) is 81.8 Å². The summed E-state index contributed by atoms with van der Waals surface area (Å²) in [6.07, 6.45) is 0. The summed E-state index contributed by atoms with van der Waals surface area (Å²) < 4.78 is 27.0. The molecule has 2 N–H and O–H groups in total. The van der Waals surface area contributed by atoms with E-state index in [1.807, 2.05) is 7.05 Å². The highest BCUT2D eigenvalue weighted by atomic mass is 35.5. The summed E-state index contributed by atoms with van der Waals surface area (Å²) in [5.41, 5.74) is 1.40. The highest BCUT2D eigenvalue weighted by molar-refractivity contribution is 7.89. The lowest BCUT2D eigenvalue weighted by Gasteiger charge is -2.31. The normalized spacial score (nSPS) is 15.9. The van der Waals surface area contributed by atoms with Crippen LogP contribution in [0.25, 0.3) is 0 Å². The summed E-state index contributed by atoms with van der Waals surface area (Å²) in [4.78, 5) is 14.4. The fourth-order valence-corrected chi connectivity index (χ4v) is 4.49. The minimum atomic E-state index is -3.48. The maximum Gasteiger partial charge on any atom is 0.319 e. The number of benzene rings is 2. The Morgan fingerprint density at radius 1 is 1.07 bits per heavy atom. The third kappa shape index (κ3) is 5.23. The number of halogens is 1. The molecule has 3 rings (SSSR count). The van der Waals surface area contributed by atoms with Crippen LogP contribution in [0.15, 0.2) is 53.4 Å². The van der Waals surface area contributed by atoms with E-state index in [2.05, 4.69) is 15.5 Å². The van der Waals surface area contributed by atoms with Gasteiger partial charge in [-0.1, -0.05) is 29.8 Å². The maximum absolute atomic E-state index is 12.7. The van der Waals surface area contributed by atoms with Gasteiger partial charge in [-0.15, -0.1) is 0 Å². The summed E-state index contributed by atoms with van der Waals surface area (Å²) in [5, 5.41) is 5.97. The largest absolute Gasteiger partial charge is 0.334 e. The van der Waals surface area contributed by atoms with E-state index in [1.165, 1.54) is 4.31 Å². The van der Waals surface area contributed by atoms with Crippen molar-refractivity contribution in [2.24, 2.45) is 0 Å². The van der Waals surface area contributed by atoms with Crippen LogP contribution in [0.2, 0.25) is 5.02 Å². The molecule has 9 heteroatoms. The molecule has 0 aromatic heterocycles. The summed E-state index contributed by atoms with van der Waals surface area (Å²) in [6, 6.07) is 13.1. The van der Waals surface area contributed by atoms with Crippen molar-refractivity contribution in [2.45, 2.75) is 11.4 Å². The van der Waals surface area contributed by atoms with E-state index in [0.29, 0.717) is 23.8 Å². The molecule has 1 fully saturated rings. The van der Waals surface area contributed by atoms with E-state index in [9.17, 15) is 13.2 Å². The molecule has 2 aromatic rings. The summed E-state index contributed by atoms with van der Waals surface area (Å²) in [7, 11) is -1.50. The quantitative estimate of drug-likeness (QED) is 0.776. The van der Waals surface area contributed by atoms with Crippen LogP contribution in [-0.2, 0) is 16.6 Å². The van der Waals surface area contributed by atoms with Gasteiger partial charge in [-0.05, 0) is 42.9 Å². The number of hydrogen-bond acceptors (Lipinski definition) is 4. The molecule has 0 spiro atoms. The number of carbonyl (C=O) groups is 1. The lowest BCUT2D eigenvalue weighted by atomic mass is 10.2. The molecule has 0 unspecified atom stereocenters. The molecular weight excluding hydrogens is 400 g/mol. The second-order valence-corrected chi connectivity index (χ2v) is 9.04. The average Bonchev–Trinajstić information content (AvgIpc) is 2.67. The Labute approximate surface area is 170 Å². The SMILES string of the molecule is CN1CCN(S(=O)(=O)c2ccc(CNC(=O)Nc3cccc(Cl)c3)cc2)CC1. The highest BCUT2D eigenvalue weighted by Gasteiger charge is 2.27. The fraction of sp³-hybridized carbons (Fsp3) is 0.316. The number of carbonyl (C=O) groups excluding carboxylic acids is 1. The molecule has 0 radical (unpaired) electrons. The van der Waals surface area contributed by atoms with Gasteiger partial charge in [-0.25, -0.2) is 13.2 Å². The van der Waals surface area contributed by atoms with E-state index in [1.54, 1.807) is 48.5 Å². The molecule has 2 amide bonds. The zero-order valence-corrected chi connectivity index (χ0v) is 17.1. The van der Waals surface area contributed by atoms with Gasteiger partial charge in [0.05, 0.1) is 4.90 Å². The Kier molecular flexibility index (Phi) is 6.56. The van der Waals surface area contributed by atoms with Gasteiger partial charge in [0.2, 0.25) is 10.0 Å². The molecule has 0 atom stereocenters. The minimum Gasteiger partial charge on any atom is -0.334 e. The zero-order valence-electron chi connectivity index (χ0n) is 15.6. The summed E-state index contributed by atoms with van der Waals surface area (Å²) in [5.74, 6) is 0. The molecule has 7 nitrogen and oxygen atoms in total. The van der Waals surface area contributed by atoms with Crippen molar-refractivity contribution in [3.05, 3.63) is 59.1 Å². The number of nitrogens with one attached hydrogen (secondary N) is 2. The van der Waals surface area contributed by atoms with Crippen LogP contribution in [0, 0.1) is 0 Å². The van der Waals surface area contributed by atoms with Crippen LogP contribution in [0.1, 0.15) is 5.56 Å². The van der Waals surface area contributed by atoms with Gasteiger partial charge >= 0.3 is 6.03 Å². The van der Waals surface area contributed by atoms with Gasteiger partial charge in [-0.3, -0.25) is 0 Å². The first kappa shape index (κ1) is 20.6. The van der Waals surface area contributed by atoms with Gasteiger partial charge in [0.1, 0.15) is 0 Å². The van der Waals surface area contributed by atoms with Crippen LogP contribution in [0.4, 0.5) is 10.5 Å². The summed E-state index contributed by atoms with van der Waals surface area (Å²) in [6.45, 7) is 2.71. The number of hydrogen-bond donors (Lipinski definition) is 2. The molecule has 0 aliphatic carbocycles. The number of sulfonamides is 1. The number of anilines is 1. The van der Waals surface area contributed by atoms with Crippen LogP contribution >= 0.6 is 11.6 Å². The predicted octanol–water partition coefficient (Wildman–Crippen LogP) is 2.60. The Morgan fingerprint density at radius 2 is 1.75 bits per heavy atom. The standard InChI is InChI=1S/C19H23ClN4O3S/c1-23-9-11-24(12-10-23)28(26,27)18-7-5-15(6-8-18)14-21-19(25)22-17-4-2-3-16(20)13-17/h2-8,13H,9-12,14H2,1H3,(H2,21,22,25). The van der Waals surface area contributed by atoms with Crippen LogP contribution in [0.5, 0.6) is 0 Å². The fourth-order valence-electron chi connectivity index (χ4n) is 2.88. The number of rotatable bonds is 5. The lowest BCUT2D eigenvalue weighted by Crippen LogP contribution is -2.47. The molecule has 28 heavy (non-hydrogen) atoms. The Balaban J connectivity index is 1.56. The van der Waals surface area contributed by atoms with E-state index < -0.39 is 10.0 Å². The Bertz CT molecular complexity index is 926. The van der Waals surface area contributed by atoms with Gasteiger partial charge in [0.25, 0.3) is 0 Å². The smallest absolute Gasteiger partial charge is 0.319 e. The number of likely N-dealkylation sites (N-methyl/N-ethyl adjacent to an activating group) is 1. The molecule has 1 aliphatic heterocycles. The highest BCUT2D eigenvalue weighted by Crippen LogP contribution is 2.18. The van der Waals surface area contributed by atoms with Gasteiger partial charge in [0.15, 0.2) is 0 Å². The van der Waals surface area contributed by atoms with Crippen LogP contribution in [0.3, 0.4) is 0 Å². The Morgan fingerprint density at radius 3 is 2.39 bits per heavy atom. The summed E-state index contributed by atoms with van der Waals surface area (Å²) >= 11 is 5.89. The minimum absolute atomic E-state index is 0.268. The van der Waals surface area contributed by atoms with Crippen molar-refractivity contribution in [3.8, 4) is 0 Å². The predicted molar refractivity (Wildman–Crippen MR) is 110 cm³/mol. The molecule has 1 aliphatic rings. The molecule has 0 bridgehead atoms. The van der Waals surface area contributed by atoms with E-state index in [4.69, 9.17) is 11.6 Å². The van der Waals surface area contributed by atoms with Gasteiger partial charge < -0.3 is 15.5 Å². The molecule has 0 saturated carbocycles. The number of urea groups is 1. The number of amides is 2. The first-order valence-corrected chi connectivity index (χ1v) is 10.7. The average molecular weight is 423 g/mol. The monoisotopic (exact) mass is 422 g/mol. The molecule has 1 saturated heterocycles. The van der Waals surface area contributed by atoms with Crippen LogP contribution in [-0.4, -0.2) is 56.9 Å². The van der Waals surface area contributed by atoms with E-state index >= 15 is 0 Å². The van der Waals surface area contributed by atoms with Crippen LogP contribution < -0.4 is 10.6 Å². The third-order valence-electron chi connectivity index (χ3n) is 4.56. The van der Waals surface area contributed by atoms with Crippen molar-refractivity contribution in [3.63, 3.8) is 0 Å². The van der Waals surface area contributed by atoms with E-state index in [-0.39, 0.29) is 17.5 Å². The molecule has 2 aromatic carbocycles. The number of nitrogens with zero attached hydrogens (tertiary/aromatic N) is 2. The number of piperazine rings is 1. The Hall–Kier alpha value is -2.13. The molecule has 150 valence electrons. The van der Waals surface area contributed by atoms with E-state index in [0.717, 1.165) is 18.7 Å². The second-order valence-electron chi connectivity index (χ2n) is 6.67. The van der Waals surface area contributed by atoms with Gasteiger partial charge in [-0.2, -0.15) is 4.31 Å². The van der Waals surface area contributed by atoms with Crippen molar-refractivity contribution in [1.29, 1.82) is 0 Å². The second kappa shape index (κ2) is 8.91. The van der Waals surface area contributed by atoms with Crippen molar-refractivity contribution in [2.75, 3.05) is 38.5 Å². The third-order valence-corrected chi connectivity index (χ3v) is 6.71. The zero-order chi connectivity index (χ0) is 20.1. The van der Waals surface area contributed by atoms with Crippen molar-refractivity contribution >= 4 is 33.3 Å². The van der Waals surface area contributed by atoms with Gasteiger partial charge in [0, 0.05) is 43.4 Å². The van der Waals surface area contributed by atoms with Crippen molar-refractivity contribution in [1.82, 2.24) is 14.5 Å². The molecular formula is C19H23ClN4O3S. The maximum atomic E-state index is 12.7. The lowest BCUT2D eigenvalue weighted by molar-refractivity contribution is 0.222. The van der Waals surface area contributed by atoms with Crippen molar-refractivity contribution < 1.29 is 13.2 Å². The molecule has 1 heterocycles. The first-order valence-electron chi connectivity index (χ1n) is 8.93.